The molecule has 0 spiro atoms. The Morgan fingerprint density at radius 2 is 1.68 bits per heavy atom. The largest absolute Gasteiger partial charge is 0.366 e. The van der Waals surface area contributed by atoms with Gasteiger partial charge in [-0.25, -0.2) is 0 Å². The van der Waals surface area contributed by atoms with Crippen LogP contribution in [-0.2, 0) is 5.41 Å². The summed E-state index contributed by atoms with van der Waals surface area (Å²) in [5.41, 5.74) is 3.61. The van der Waals surface area contributed by atoms with Crippen LogP contribution in [0.1, 0.15) is 43.6 Å². The van der Waals surface area contributed by atoms with E-state index in [1.807, 2.05) is 42.5 Å². The highest BCUT2D eigenvalue weighted by atomic mass is 35.5. The van der Waals surface area contributed by atoms with E-state index >= 15 is 0 Å². The van der Waals surface area contributed by atoms with Gasteiger partial charge in [-0.05, 0) is 41.8 Å². The van der Waals surface area contributed by atoms with Crippen molar-refractivity contribution in [3.8, 4) is 0 Å². The molecule has 2 aromatic rings. The molecule has 1 aliphatic heterocycles. The molecule has 2 aromatic carbocycles. The molecular formula is C23H30ClN3O. The SMILES string of the molecule is CCN1CCN(c2c(Cl)cccc2NC(=O)c2ccc(C(C)(C)C)cc2)CC1. The Labute approximate surface area is 173 Å². The van der Waals surface area contributed by atoms with Crippen molar-refractivity contribution in [1.82, 2.24) is 4.90 Å². The molecule has 1 heterocycles. The molecule has 0 saturated carbocycles. The summed E-state index contributed by atoms with van der Waals surface area (Å²) in [4.78, 5) is 17.5. The van der Waals surface area contributed by atoms with Crippen LogP contribution >= 0.6 is 11.6 Å². The minimum atomic E-state index is -0.115. The molecule has 0 aromatic heterocycles. The van der Waals surface area contributed by atoms with Crippen molar-refractivity contribution in [2.75, 3.05) is 42.9 Å². The second-order valence-electron chi connectivity index (χ2n) is 8.34. The van der Waals surface area contributed by atoms with Gasteiger partial charge in [-0.1, -0.05) is 57.5 Å². The van der Waals surface area contributed by atoms with Gasteiger partial charge in [0, 0.05) is 31.7 Å². The molecule has 0 aliphatic carbocycles. The van der Waals surface area contributed by atoms with Crippen molar-refractivity contribution >= 4 is 28.9 Å². The van der Waals surface area contributed by atoms with Crippen molar-refractivity contribution in [3.05, 3.63) is 58.6 Å². The summed E-state index contributed by atoms with van der Waals surface area (Å²) >= 11 is 6.53. The first-order valence-electron chi connectivity index (χ1n) is 9.97. The number of amides is 1. The third-order valence-electron chi connectivity index (χ3n) is 5.38. The van der Waals surface area contributed by atoms with Gasteiger partial charge in [0.05, 0.1) is 16.4 Å². The number of carbonyl (C=O) groups is 1. The molecule has 3 rings (SSSR count). The number of nitrogens with one attached hydrogen (secondary N) is 1. The fraction of sp³-hybridized carbons (Fsp3) is 0.435. The molecule has 1 amide bonds. The smallest absolute Gasteiger partial charge is 0.255 e. The molecule has 1 aliphatic rings. The van der Waals surface area contributed by atoms with Gasteiger partial charge in [0.2, 0.25) is 0 Å². The second-order valence-corrected chi connectivity index (χ2v) is 8.75. The van der Waals surface area contributed by atoms with Gasteiger partial charge in [0.1, 0.15) is 0 Å². The first-order valence-corrected chi connectivity index (χ1v) is 10.3. The summed E-state index contributed by atoms with van der Waals surface area (Å²) in [5, 5.41) is 3.74. The summed E-state index contributed by atoms with van der Waals surface area (Å²) < 4.78 is 0. The van der Waals surface area contributed by atoms with E-state index in [-0.39, 0.29) is 11.3 Å². The lowest BCUT2D eigenvalue weighted by atomic mass is 9.87. The fourth-order valence-electron chi connectivity index (χ4n) is 3.54. The van der Waals surface area contributed by atoms with Crippen molar-refractivity contribution in [2.45, 2.75) is 33.1 Å². The van der Waals surface area contributed by atoms with Gasteiger partial charge >= 0.3 is 0 Å². The molecule has 1 saturated heterocycles. The van der Waals surface area contributed by atoms with Crippen LogP contribution in [0.2, 0.25) is 5.02 Å². The number of para-hydroxylation sites is 1. The van der Waals surface area contributed by atoms with E-state index in [9.17, 15) is 4.79 Å². The number of piperazine rings is 1. The number of likely N-dealkylation sites (N-methyl/N-ethyl adjacent to an activating group) is 1. The fourth-order valence-corrected chi connectivity index (χ4v) is 3.84. The van der Waals surface area contributed by atoms with Crippen LogP contribution in [0.4, 0.5) is 11.4 Å². The predicted octanol–water partition coefficient (Wildman–Crippen LogP) is 5.03. The third kappa shape index (κ3) is 4.68. The summed E-state index contributed by atoms with van der Waals surface area (Å²) in [7, 11) is 0. The first-order chi connectivity index (χ1) is 13.3. The molecule has 0 atom stereocenters. The van der Waals surface area contributed by atoms with Gasteiger partial charge in [-0.3, -0.25) is 4.79 Å². The average molecular weight is 400 g/mol. The molecule has 150 valence electrons. The number of hydrogen-bond acceptors (Lipinski definition) is 3. The highest BCUT2D eigenvalue weighted by molar-refractivity contribution is 6.34. The lowest BCUT2D eigenvalue weighted by molar-refractivity contribution is 0.102. The maximum atomic E-state index is 12.8. The molecule has 0 unspecified atom stereocenters. The Morgan fingerprint density at radius 1 is 1.04 bits per heavy atom. The van der Waals surface area contributed by atoms with Crippen LogP contribution in [0, 0.1) is 0 Å². The van der Waals surface area contributed by atoms with Gasteiger partial charge in [-0.2, -0.15) is 0 Å². The van der Waals surface area contributed by atoms with Crippen LogP contribution < -0.4 is 10.2 Å². The second kappa shape index (κ2) is 8.54. The number of benzene rings is 2. The van der Waals surface area contributed by atoms with Crippen molar-refractivity contribution in [2.24, 2.45) is 0 Å². The minimum Gasteiger partial charge on any atom is -0.366 e. The van der Waals surface area contributed by atoms with E-state index in [4.69, 9.17) is 11.6 Å². The van der Waals surface area contributed by atoms with E-state index in [1.54, 1.807) is 0 Å². The van der Waals surface area contributed by atoms with Gasteiger partial charge < -0.3 is 15.1 Å². The zero-order valence-corrected chi connectivity index (χ0v) is 18.0. The van der Waals surface area contributed by atoms with Crippen LogP contribution in [0.3, 0.4) is 0 Å². The summed E-state index contributed by atoms with van der Waals surface area (Å²) in [6.45, 7) is 13.6. The normalized spacial score (nSPS) is 15.5. The van der Waals surface area contributed by atoms with Gasteiger partial charge in [-0.15, -0.1) is 0 Å². The molecule has 1 fully saturated rings. The Morgan fingerprint density at radius 3 is 2.25 bits per heavy atom. The summed E-state index contributed by atoms with van der Waals surface area (Å²) in [6.07, 6.45) is 0. The lowest BCUT2D eigenvalue weighted by Crippen LogP contribution is -2.46. The van der Waals surface area contributed by atoms with Crippen molar-refractivity contribution in [3.63, 3.8) is 0 Å². The lowest BCUT2D eigenvalue weighted by Gasteiger charge is -2.36. The summed E-state index contributed by atoms with van der Waals surface area (Å²) in [6, 6.07) is 13.5. The van der Waals surface area contributed by atoms with E-state index in [1.165, 1.54) is 5.56 Å². The quantitative estimate of drug-likeness (QED) is 0.782. The Kier molecular flexibility index (Phi) is 6.31. The molecule has 28 heavy (non-hydrogen) atoms. The molecule has 5 heteroatoms. The predicted molar refractivity (Wildman–Crippen MR) is 119 cm³/mol. The highest BCUT2D eigenvalue weighted by Gasteiger charge is 2.22. The molecule has 4 nitrogen and oxygen atoms in total. The Bertz CT molecular complexity index is 819. The van der Waals surface area contributed by atoms with Crippen LogP contribution in [0.5, 0.6) is 0 Å². The van der Waals surface area contributed by atoms with E-state index in [0.717, 1.165) is 44.1 Å². The van der Waals surface area contributed by atoms with E-state index < -0.39 is 0 Å². The molecule has 1 N–H and O–H groups in total. The van der Waals surface area contributed by atoms with E-state index in [0.29, 0.717) is 10.6 Å². The number of hydrogen-bond donors (Lipinski definition) is 1. The van der Waals surface area contributed by atoms with Crippen LogP contribution in [0.15, 0.2) is 42.5 Å². The molecule has 0 radical (unpaired) electrons. The number of carbonyl (C=O) groups excluding carboxylic acids is 1. The third-order valence-corrected chi connectivity index (χ3v) is 5.69. The summed E-state index contributed by atoms with van der Waals surface area (Å²) in [5.74, 6) is -0.115. The molecule has 0 bridgehead atoms. The zero-order valence-electron chi connectivity index (χ0n) is 17.3. The van der Waals surface area contributed by atoms with Crippen molar-refractivity contribution < 1.29 is 4.79 Å². The first kappa shape index (κ1) is 20.7. The van der Waals surface area contributed by atoms with Crippen LogP contribution in [-0.4, -0.2) is 43.5 Å². The Balaban J connectivity index is 1.79. The van der Waals surface area contributed by atoms with Crippen molar-refractivity contribution in [1.29, 1.82) is 0 Å². The maximum absolute atomic E-state index is 12.8. The monoisotopic (exact) mass is 399 g/mol. The number of halogens is 1. The number of nitrogens with zero attached hydrogens (tertiary/aromatic N) is 2. The van der Waals surface area contributed by atoms with Gasteiger partial charge in [0.15, 0.2) is 0 Å². The molecular weight excluding hydrogens is 370 g/mol. The average Bonchev–Trinajstić information content (AvgIpc) is 2.68. The van der Waals surface area contributed by atoms with Crippen LogP contribution in [0.25, 0.3) is 0 Å². The number of anilines is 2. The maximum Gasteiger partial charge on any atom is 0.255 e. The Hall–Kier alpha value is -2.04. The zero-order chi connectivity index (χ0) is 20.3. The van der Waals surface area contributed by atoms with E-state index in [2.05, 4.69) is 42.8 Å². The standard InChI is InChI=1S/C23H30ClN3O/c1-5-26-13-15-27(16-14-26)21-19(24)7-6-8-20(21)25-22(28)17-9-11-18(12-10-17)23(2,3)4/h6-12H,5,13-16H2,1-4H3,(H,25,28). The van der Waals surface area contributed by atoms with Gasteiger partial charge in [0.25, 0.3) is 5.91 Å². The minimum absolute atomic E-state index is 0.0652. The number of rotatable bonds is 4. The topological polar surface area (TPSA) is 35.6 Å². The highest BCUT2D eigenvalue weighted by Crippen LogP contribution is 2.35.